The Morgan fingerprint density at radius 2 is 0.770 bits per heavy atom. The van der Waals surface area contributed by atoms with E-state index in [1.54, 1.807) is 0 Å². The highest BCUT2D eigenvalue weighted by Crippen LogP contribution is 2.41. The summed E-state index contributed by atoms with van der Waals surface area (Å²) >= 11 is 0. The molecule has 0 aliphatic carbocycles. The molecule has 582 valence electrons. The van der Waals surface area contributed by atoms with Crippen LogP contribution in [0.1, 0.15) is 114 Å². The second kappa shape index (κ2) is 37.6. The summed E-state index contributed by atoms with van der Waals surface area (Å²) in [6, 6.07) is 0. The van der Waals surface area contributed by atoms with E-state index in [0.29, 0.717) is 32.1 Å². The van der Waals surface area contributed by atoms with Crippen LogP contribution in [-0.2, 0) is 94.9 Å². The molecule has 7 heterocycles. The van der Waals surface area contributed by atoms with E-state index >= 15 is 0 Å². The molecule has 0 amide bonds. The predicted octanol–water partition coefficient (Wildman–Crippen LogP) is -6.69. The molecule has 0 saturated carbocycles. The van der Waals surface area contributed by atoms with Crippen molar-refractivity contribution in [3.63, 3.8) is 0 Å². The van der Waals surface area contributed by atoms with Gasteiger partial charge in [0, 0.05) is 13.5 Å². The number of unbranched alkanes of at least 4 members (excludes halogenated alkanes) is 2. The Balaban J connectivity index is 1.29. The summed E-state index contributed by atoms with van der Waals surface area (Å²) in [5.41, 5.74) is 0. The highest BCUT2D eigenvalue weighted by Gasteiger charge is 2.60. The highest BCUT2D eigenvalue weighted by atomic mass is 16.8. The molecule has 0 unspecified atom stereocenters. The van der Waals surface area contributed by atoms with E-state index < -0.39 is 283 Å². The highest BCUT2D eigenvalue weighted by molar-refractivity contribution is 5.73. The summed E-state index contributed by atoms with van der Waals surface area (Å²) < 4.78 is 103. The summed E-state index contributed by atoms with van der Waals surface area (Å²) in [5, 5.41) is 189. The predicted molar refractivity (Wildman–Crippen MR) is 327 cm³/mol. The lowest BCUT2D eigenvalue weighted by Gasteiger charge is -2.51. The van der Waals surface area contributed by atoms with Gasteiger partial charge in [-0.1, -0.05) is 26.2 Å². The third kappa shape index (κ3) is 19.9. The maximum atomic E-state index is 14.8. The lowest BCUT2D eigenvalue weighted by molar-refractivity contribution is -0.413. The van der Waals surface area contributed by atoms with Crippen LogP contribution in [0.5, 0.6) is 0 Å². The molecule has 0 radical (unpaired) electrons. The Bertz CT molecular complexity index is 2490. The lowest BCUT2D eigenvalue weighted by Crippen LogP contribution is -2.69. The van der Waals surface area contributed by atoms with Crippen molar-refractivity contribution in [2.24, 2.45) is 11.8 Å². The number of carbonyl (C=O) groups excluding carboxylic acids is 3. The average Bonchev–Trinajstić information content (AvgIpc) is 0.763. The summed E-state index contributed by atoms with van der Waals surface area (Å²) in [4.78, 5) is 41.1. The van der Waals surface area contributed by atoms with Crippen molar-refractivity contribution >= 4 is 17.9 Å². The maximum absolute atomic E-state index is 14.8. The van der Waals surface area contributed by atoms with Crippen LogP contribution < -0.4 is 0 Å². The summed E-state index contributed by atoms with van der Waals surface area (Å²) in [5.74, 6) is -5.43. The van der Waals surface area contributed by atoms with Crippen LogP contribution in [0.2, 0.25) is 0 Å². The van der Waals surface area contributed by atoms with E-state index in [0.717, 1.165) is 0 Å². The fourth-order valence-electron chi connectivity index (χ4n) is 12.6. The SMILES string of the molecule is CCC[C@@H](CCCCCC(=O)O[C@H]1[C@H](O[C@H]2[C@H](O[C@H]3[C@@H](OC)O[C@H](C)[C@H](O)[C@@H]3O)O[C@H](CO)[C@@H](O)[C@@H]2O)O[C@@H](C)[C@H](O[C@@H]2O[C@H](C)[C@@H](OC(=O)[C@H](C)[C@@H](C)O)[C@H](O)[C@H]2O)[C@H]1O[C@@H]1O[C@H](CO)[C@@H](O)[C@H](O)[C@H]1O[C@@H]1O[C@H](C)[C@@H](O)[C@H](OC(=O)[C@H](C)[C@@H](C)O)[C@H]1O)O[C@@H]1O[C@H](C)[C@@H](O)[C@H](O)[C@H]1O. The zero-order valence-electron chi connectivity index (χ0n) is 57.7. The summed E-state index contributed by atoms with van der Waals surface area (Å²) in [6.07, 6.45) is -64.2. The Morgan fingerprint density at radius 3 is 1.30 bits per heavy atom. The molecule has 0 spiro atoms. The number of hydrogen-bond acceptors (Lipinski definition) is 37. The molecule has 7 aliphatic rings. The van der Waals surface area contributed by atoms with Gasteiger partial charge in [-0.15, -0.1) is 0 Å². The van der Waals surface area contributed by atoms with E-state index in [2.05, 4.69) is 0 Å². The van der Waals surface area contributed by atoms with Crippen molar-refractivity contribution in [3.8, 4) is 0 Å². The number of aliphatic hydroxyl groups excluding tert-OH is 17. The number of ether oxygens (including phenoxy) is 17. The molecule has 7 fully saturated rings. The minimum atomic E-state index is -2.24. The van der Waals surface area contributed by atoms with Crippen molar-refractivity contribution < 1.29 is 182 Å². The van der Waals surface area contributed by atoms with Gasteiger partial charge in [0.25, 0.3) is 0 Å². The Labute approximate surface area is 577 Å². The number of hydrogen-bond donors (Lipinski definition) is 17. The van der Waals surface area contributed by atoms with Crippen molar-refractivity contribution in [1.29, 1.82) is 0 Å². The Hall–Kier alpha value is -2.83. The standard InChI is InChI=1S/C63H108O37/c1-12-16-30(90-57-44(79)39(74)34(69)25(6)85-57)17-14-13-15-18-33(68)93-54-53(100-62-51(41(76)37(72)32(20-65)92-62)97-59-46(81)49(36(71)27(8)86-59)95-56(83)22(3)24(5)67)48(96-58-45(80)43(78)47(28(9)88-58)94-55(82)21(2)23(4)66)29(10)89-63(54)99-52-42(77)38(73)31(19-64)91-61(52)98-50-40(75)35(70)26(7)87-60(50)84-11/h21-32,34-54,57-67,69-81H,12-20H2,1-11H3/t21-,22-,23-,24-,25-,26-,27-,28-,29+,30+,31-,32-,34-,35+,36-,37-,38-,39+,40+,41+,42+,43-,44-,45-,46-,47-,48+,49+,50-,51-,52-,53-,54-,57+,58+,59+,60+,61+,62+,63+/m1/s1. The fourth-order valence-corrected chi connectivity index (χ4v) is 12.6. The van der Waals surface area contributed by atoms with Gasteiger partial charge in [0.15, 0.2) is 62.3 Å². The monoisotopic (exact) mass is 1460 g/mol. The van der Waals surface area contributed by atoms with E-state index in [9.17, 15) is 101 Å². The summed E-state index contributed by atoms with van der Waals surface area (Å²) in [7, 11) is 1.18. The van der Waals surface area contributed by atoms with Gasteiger partial charge in [-0.25, -0.2) is 0 Å². The largest absolute Gasteiger partial charge is 0.456 e. The van der Waals surface area contributed by atoms with Gasteiger partial charge in [-0.2, -0.15) is 0 Å². The van der Waals surface area contributed by atoms with Crippen LogP contribution in [0.4, 0.5) is 0 Å². The molecule has 7 saturated heterocycles. The topological polar surface area (TPSA) is 552 Å². The van der Waals surface area contributed by atoms with Gasteiger partial charge >= 0.3 is 17.9 Å². The number of methoxy groups -OCH3 is 1. The quantitative estimate of drug-likeness (QED) is 0.0181. The zero-order valence-corrected chi connectivity index (χ0v) is 57.7. The Kier molecular flexibility index (Phi) is 31.8. The van der Waals surface area contributed by atoms with E-state index in [4.69, 9.17) is 80.5 Å². The van der Waals surface area contributed by atoms with Gasteiger partial charge in [-0.05, 0) is 81.6 Å². The molecule has 0 bridgehead atoms. The first kappa shape index (κ1) is 84.4. The Morgan fingerprint density at radius 1 is 0.370 bits per heavy atom. The third-order valence-electron chi connectivity index (χ3n) is 19.5. The molecule has 0 aromatic carbocycles. The van der Waals surface area contributed by atoms with Crippen molar-refractivity contribution in [2.75, 3.05) is 20.3 Å². The van der Waals surface area contributed by atoms with Crippen molar-refractivity contribution in [3.05, 3.63) is 0 Å². The maximum Gasteiger partial charge on any atom is 0.311 e. The molecule has 100 heavy (non-hydrogen) atoms. The van der Waals surface area contributed by atoms with Gasteiger partial charge in [0.1, 0.15) is 122 Å². The number of rotatable bonds is 30. The first-order valence-electron chi connectivity index (χ1n) is 34.2. The van der Waals surface area contributed by atoms with E-state index in [1.807, 2.05) is 6.92 Å². The van der Waals surface area contributed by atoms with Gasteiger partial charge in [0.05, 0.1) is 73.9 Å². The summed E-state index contributed by atoms with van der Waals surface area (Å²) in [6.45, 7) is 12.0. The molecule has 0 aromatic heterocycles. The minimum absolute atomic E-state index is 0.0640. The second-order valence-electron chi connectivity index (χ2n) is 27.1. The second-order valence-corrected chi connectivity index (χ2v) is 27.1. The van der Waals surface area contributed by atoms with Gasteiger partial charge in [-0.3, -0.25) is 14.4 Å². The van der Waals surface area contributed by atoms with Crippen LogP contribution in [-0.4, -0.2) is 358 Å². The zero-order chi connectivity index (χ0) is 74.2. The smallest absolute Gasteiger partial charge is 0.311 e. The van der Waals surface area contributed by atoms with E-state index in [-0.39, 0.29) is 6.42 Å². The van der Waals surface area contributed by atoms with Gasteiger partial charge in [0.2, 0.25) is 0 Å². The van der Waals surface area contributed by atoms with Crippen LogP contribution in [0.15, 0.2) is 0 Å². The fraction of sp³-hybridized carbons (Fsp3) is 0.952. The van der Waals surface area contributed by atoms with Gasteiger partial charge < -0.3 is 167 Å². The van der Waals surface area contributed by atoms with Crippen LogP contribution >= 0.6 is 0 Å². The molecule has 7 rings (SSSR count). The molecular formula is C63H108O37. The normalized spacial score (nSPS) is 45.8. The average molecular weight is 1460 g/mol. The van der Waals surface area contributed by atoms with Crippen molar-refractivity contribution in [2.45, 2.75) is 347 Å². The number of aliphatic hydroxyl groups is 17. The lowest BCUT2D eigenvalue weighted by atomic mass is 9.95. The molecular weight excluding hydrogens is 1350 g/mol. The van der Waals surface area contributed by atoms with Crippen LogP contribution in [0.25, 0.3) is 0 Å². The van der Waals surface area contributed by atoms with E-state index in [1.165, 1.54) is 69.4 Å². The number of esters is 3. The van der Waals surface area contributed by atoms with Crippen LogP contribution in [0.3, 0.4) is 0 Å². The molecule has 37 nitrogen and oxygen atoms in total. The number of carbonyl (C=O) groups is 3. The molecule has 7 aliphatic heterocycles. The third-order valence-corrected chi connectivity index (χ3v) is 19.5. The van der Waals surface area contributed by atoms with Crippen molar-refractivity contribution in [1.82, 2.24) is 0 Å². The molecule has 37 heteroatoms. The first-order chi connectivity index (χ1) is 47.1. The first-order valence-corrected chi connectivity index (χ1v) is 34.2. The minimum Gasteiger partial charge on any atom is -0.456 e. The van der Waals surface area contributed by atoms with Crippen LogP contribution in [0, 0.1) is 11.8 Å². The molecule has 40 atom stereocenters. The molecule has 0 aromatic rings. The molecule has 17 N–H and O–H groups in total.